The van der Waals surface area contributed by atoms with Crippen LogP contribution in [0.15, 0.2) is 24.3 Å². The van der Waals surface area contributed by atoms with Crippen molar-refractivity contribution >= 4 is 31.8 Å². The third-order valence-electron chi connectivity index (χ3n) is 1.22. The molecule has 1 rings (SSSR count). The van der Waals surface area contributed by atoms with Crippen LogP contribution in [0.3, 0.4) is 0 Å². The summed E-state index contributed by atoms with van der Waals surface area (Å²) in [7, 11) is 0. The molecule has 0 fully saturated rings. The Balaban J connectivity index is 2.77. The molecule has 0 aliphatic rings. The van der Waals surface area contributed by atoms with E-state index in [0.717, 1.165) is 4.35 Å². The molecule has 0 unspecified atom stereocenters. The quantitative estimate of drug-likeness (QED) is 0.721. The molecule has 0 aliphatic carbocycles. The Kier molecular flexibility index (Phi) is 3.00. The Bertz CT molecular complexity index is 296. The molecule has 0 saturated carbocycles. The number of amides is 1. The number of hydrogen-bond donors (Lipinski definition) is 2. The van der Waals surface area contributed by atoms with Crippen LogP contribution in [0.5, 0.6) is 0 Å². The number of carbonyl (C=O) groups is 1. The van der Waals surface area contributed by atoms with Crippen molar-refractivity contribution in [1.29, 1.82) is 0 Å². The van der Waals surface area contributed by atoms with Gasteiger partial charge in [-0.25, -0.2) is 0 Å². The molecule has 1 aromatic rings. The molecule has 1 aromatic carbocycles. The monoisotopic (exact) mass is 227 g/mol. The molecule has 0 saturated heterocycles. The molecule has 0 bridgehead atoms. The van der Waals surface area contributed by atoms with Gasteiger partial charge in [0.1, 0.15) is 0 Å². The number of rotatable bonds is 2. The maximum atomic E-state index is 10.4. The zero-order valence-electron chi connectivity index (χ0n) is 6.02. The van der Waals surface area contributed by atoms with Gasteiger partial charge in [0.05, 0.1) is 0 Å². The summed E-state index contributed by atoms with van der Waals surface area (Å²) in [6, 6.07) is 6.44. The molecular weight excluding hydrogens is 221 g/mol. The van der Waals surface area contributed by atoms with Crippen molar-refractivity contribution in [2.24, 2.45) is 0 Å². The molecule has 1 amide bonds. The summed E-state index contributed by atoms with van der Waals surface area (Å²) in [6.07, 6.45) is -1.10. The van der Waals surface area contributed by atoms with Crippen LogP contribution in [-0.2, 0) is 3.74 Å². The van der Waals surface area contributed by atoms with Crippen LogP contribution in [0.25, 0.3) is 0 Å². The summed E-state index contributed by atoms with van der Waals surface area (Å²) in [4.78, 5) is 10.2. The maximum absolute atomic E-state index is 10.4. The molecule has 62 valence electrons. The number of nitrogens with one attached hydrogen (secondary N) is 1. The summed E-state index contributed by atoms with van der Waals surface area (Å²) in [6.45, 7) is 0. The molecular formula is C7H6AsNO3. The Morgan fingerprint density at radius 1 is 1.33 bits per heavy atom. The average Bonchev–Trinajstić information content (AvgIpc) is 2.05. The third-order valence-corrected chi connectivity index (χ3v) is 2.29. The second kappa shape index (κ2) is 4.02. The van der Waals surface area contributed by atoms with Gasteiger partial charge in [-0.15, -0.1) is 0 Å². The van der Waals surface area contributed by atoms with E-state index in [1.54, 1.807) is 24.3 Å². The minimum absolute atomic E-state index is 0.487. The Morgan fingerprint density at radius 2 is 1.92 bits per heavy atom. The van der Waals surface area contributed by atoms with Crippen molar-refractivity contribution in [3.05, 3.63) is 24.3 Å². The normalized spacial score (nSPS) is 9.67. The molecule has 0 aromatic heterocycles. The van der Waals surface area contributed by atoms with Gasteiger partial charge in [0.15, 0.2) is 0 Å². The molecule has 0 spiro atoms. The zero-order chi connectivity index (χ0) is 8.97. The van der Waals surface area contributed by atoms with E-state index >= 15 is 0 Å². The van der Waals surface area contributed by atoms with Gasteiger partial charge in [-0.05, 0) is 0 Å². The van der Waals surface area contributed by atoms with Crippen molar-refractivity contribution in [3.8, 4) is 0 Å². The number of benzene rings is 1. The first-order valence-corrected chi connectivity index (χ1v) is 4.86. The Labute approximate surface area is 75.5 Å². The molecule has 2 N–H and O–H groups in total. The zero-order valence-corrected chi connectivity index (χ0v) is 7.90. The Morgan fingerprint density at radius 3 is 2.33 bits per heavy atom. The fraction of sp³-hybridized carbons (Fsp3) is 0. The predicted octanol–water partition coefficient (Wildman–Crippen LogP) is 0.452. The van der Waals surface area contributed by atoms with E-state index in [1.807, 2.05) is 0 Å². The molecule has 5 heteroatoms. The molecule has 0 radical (unpaired) electrons. The Hall–Kier alpha value is -1.15. The predicted molar refractivity (Wildman–Crippen MR) is 44.2 cm³/mol. The SMILES string of the molecule is O=[As]c1ccc(NC(=O)O)cc1. The first kappa shape index (κ1) is 8.94. The second-order valence-corrected chi connectivity index (χ2v) is 3.53. The topological polar surface area (TPSA) is 66.4 Å². The van der Waals surface area contributed by atoms with E-state index in [-0.39, 0.29) is 0 Å². The standard InChI is InChI=1S/C7H6AsNO3/c10-7(11)9-6-3-1-5(8-12)2-4-6/h1-4,9H,(H,10,11). The van der Waals surface area contributed by atoms with Crippen molar-refractivity contribution < 1.29 is 13.6 Å². The van der Waals surface area contributed by atoms with Crippen LogP contribution in [0, 0.1) is 0 Å². The van der Waals surface area contributed by atoms with E-state index in [1.165, 1.54) is 0 Å². The van der Waals surface area contributed by atoms with Gasteiger partial charge in [-0.1, -0.05) is 0 Å². The number of anilines is 1. The molecule has 0 aliphatic heterocycles. The van der Waals surface area contributed by atoms with Crippen LogP contribution in [0.1, 0.15) is 0 Å². The van der Waals surface area contributed by atoms with Crippen LogP contribution >= 0.6 is 0 Å². The average molecular weight is 227 g/mol. The van der Waals surface area contributed by atoms with Crippen LogP contribution in [0.2, 0.25) is 0 Å². The van der Waals surface area contributed by atoms with E-state index in [4.69, 9.17) is 5.11 Å². The van der Waals surface area contributed by atoms with Gasteiger partial charge < -0.3 is 0 Å². The van der Waals surface area contributed by atoms with Crippen LogP contribution in [-0.4, -0.2) is 26.9 Å². The van der Waals surface area contributed by atoms with Gasteiger partial charge in [0.25, 0.3) is 0 Å². The molecule has 0 heterocycles. The van der Waals surface area contributed by atoms with Crippen molar-refractivity contribution in [3.63, 3.8) is 0 Å². The van der Waals surface area contributed by atoms with Gasteiger partial charge in [-0.3, -0.25) is 0 Å². The number of carboxylic acid groups (broad SMARTS) is 1. The van der Waals surface area contributed by atoms with Crippen molar-refractivity contribution in [2.75, 3.05) is 5.32 Å². The fourth-order valence-corrected chi connectivity index (χ4v) is 1.30. The number of hydrogen-bond acceptors (Lipinski definition) is 2. The van der Waals surface area contributed by atoms with Crippen molar-refractivity contribution in [1.82, 2.24) is 0 Å². The molecule has 0 atom stereocenters. The molecule has 12 heavy (non-hydrogen) atoms. The first-order valence-electron chi connectivity index (χ1n) is 3.16. The fourth-order valence-electron chi connectivity index (χ4n) is 0.729. The van der Waals surface area contributed by atoms with Gasteiger partial charge in [-0.2, -0.15) is 0 Å². The summed E-state index contributed by atoms with van der Waals surface area (Å²) in [5.74, 6) is 0. The van der Waals surface area contributed by atoms with E-state index in [2.05, 4.69) is 5.32 Å². The van der Waals surface area contributed by atoms with E-state index in [0.29, 0.717) is 5.69 Å². The summed E-state index contributed by atoms with van der Waals surface area (Å²) in [5, 5.41) is 10.5. The van der Waals surface area contributed by atoms with Crippen LogP contribution < -0.4 is 9.67 Å². The van der Waals surface area contributed by atoms with Crippen molar-refractivity contribution in [2.45, 2.75) is 0 Å². The minimum atomic E-state index is -1.10. The summed E-state index contributed by atoms with van der Waals surface area (Å²) >= 11 is -1.02. The van der Waals surface area contributed by atoms with Crippen LogP contribution in [0.4, 0.5) is 10.5 Å². The summed E-state index contributed by atoms with van der Waals surface area (Å²) < 4.78 is 11.2. The summed E-state index contributed by atoms with van der Waals surface area (Å²) in [5.41, 5.74) is 0.487. The van der Waals surface area contributed by atoms with E-state index < -0.39 is 21.8 Å². The first-order chi connectivity index (χ1) is 5.72. The van der Waals surface area contributed by atoms with Gasteiger partial charge >= 0.3 is 75.0 Å². The third kappa shape index (κ3) is 2.47. The van der Waals surface area contributed by atoms with Gasteiger partial charge in [0.2, 0.25) is 0 Å². The second-order valence-electron chi connectivity index (χ2n) is 2.07. The molecule has 4 nitrogen and oxygen atoms in total. The van der Waals surface area contributed by atoms with E-state index in [9.17, 15) is 8.53 Å². The van der Waals surface area contributed by atoms with Gasteiger partial charge in [0, 0.05) is 0 Å².